The van der Waals surface area contributed by atoms with E-state index in [2.05, 4.69) is 0 Å². The lowest BCUT2D eigenvalue weighted by atomic mass is 9.99. The van der Waals surface area contributed by atoms with E-state index in [1.807, 2.05) is 30.3 Å². The molecular formula is C14H13Cl2NO. The highest BCUT2D eigenvalue weighted by Crippen LogP contribution is 2.31. The van der Waals surface area contributed by atoms with E-state index in [-0.39, 0.29) is 6.04 Å². The summed E-state index contributed by atoms with van der Waals surface area (Å²) in [5, 5.41) is 1.31. The molecule has 0 amide bonds. The Labute approximate surface area is 116 Å². The fraction of sp³-hybridized carbons (Fsp3) is 0.143. The van der Waals surface area contributed by atoms with Gasteiger partial charge < -0.3 is 10.5 Å². The van der Waals surface area contributed by atoms with E-state index < -0.39 is 0 Å². The minimum absolute atomic E-state index is 0.269. The first-order valence-electron chi connectivity index (χ1n) is 5.46. The Morgan fingerprint density at radius 2 is 1.61 bits per heavy atom. The summed E-state index contributed by atoms with van der Waals surface area (Å²) in [6.07, 6.45) is 0. The van der Waals surface area contributed by atoms with Crippen molar-refractivity contribution >= 4 is 23.2 Å². The topological polar surface area (TPSA) is 35.2 Å². The number of ether oxygens (including phenoxy) is 1. The monoisotopic (exact) mass is 281 g/mol. The molecule has 0 aliphatic heterocycles. The fourth-order valence-corrected chi connectivity index (χ4v) is 2.08. The highest BCUT2D eigenvalue weighted by Gasteiger charge is 2.14. The number of halogens is 2. The molecule has 0 aromatic heterocycles. The van der Waals surface area contributed by atoms with Crippen LogP contribution in [0.1, 0.15) is 17.2 Å². The third-order valence-corrected chi connectivity index (χ3v) is 3.25. The molecule has 0 saturated heterocycles. The van der Waals surface area contributed by atoms with E-state index in [0.717, 1.165) is 11.1 Å². The quantitative estimate of drug-likeness (QED) is 0.921. The van der Waals surface area contributed by atoms with E-state index in [0.29, 0.717) is 15.8 Å². The first-order chi connectivity index (χ1) is 8.61. The van der Waals surface area contributed by atoms with Gasteiger partial charge >= 0.3 is 0 Å². The van der Waals surface area contributed by atoms with Crippen LogP contribution in [0.5, 0.6) is 5.75 Å². The van der Waals surface area contributed by atoms with Gasteiger partial charge in [0.05, 0.1) is 13.2 Å². The molecule has 4 heteroatoms. The third kappa shape index (κ3) is 2.78. The summed E-state index contributed by atoms with van der Waals surface area (Å²) in [5.41, 5.74) is 8.09. The molecule has 0 spiro atoms. The van der Waals surface area contributed by atoms with Crippen molar-refractivity contribution in [3.63, 3.8) is 0 Å². The highest BCUT2D eigenvalue weighted by molar-refractivity contribution is 6.31. The van der Waals surface area contributed by atoms with E-state index in [1.165, 1.54) is 0 Å². The second-order valence-corrected chi connectivity index (χ2v) is 4.79. The summed E-state index contributed by atoms with van der Waals surface area (Å²) in [7, 11) is 1.60. The first kappa shape index (κ1) is 13.2. The summed E-state index contributed by atoms with van der Waals surface area (Å²) in [6.45, 7) is 0. The van der Waals surface area contributed by atoms with Crippen molar-refractivity contribution in [3.8, 4) is 5.75 Å². The summed E-state index contributed by atoms with van der Waals surface area (Å²) >= 11 is 11.8. The molecule has 0 heterocycles. The zero-order valence-electron chi connectivity index (χ0n) is 9.86. The minimum atomic E-state index is -0.269. The Morgan fingerprint density at radius 3 is 2.22 bits per heavy atom. The minimum Gasteiger partial charge on any atom is -0.496 e. The maximum atomic E-state index is 6.23. The maximum absolute atomic E-state index is 6.23. The lowest BCUT2D eigenvalue weighted by molar-refractivity contribution is 0.408. The lowest BCUT2D eigenvalue weighted by Gasteiger charge is -2.16. The van der Waals surface area contributed by atoms with Crippen molar-refractivity contribution in [2.45, 2.75) is 6.04 Å². The van der Waals surface area contributed by atoms with Gasteiger partial charge in [0.1, 0.15) is 5.75 Å². The van der Waals surface area contributed by atoms with E-state index in [9.17, 15) is 0 Å². The molecule has 2 aromatic rings. The SMILES string of the molecule is COc1cc(Cl)ccc1C(N)c1ccc(Cl)cc1. The number of rotatable bonds is 3. The van der Waals surface area contributed by atoms with E-state index in [1.54, 1.807) is 19.2 Å². The van der Waals surface area contributed by atoms with Crippen molar-refractivity contribution < 1.29 is 4.74 Å². The summed E-state index contributed by atoms with van der Waals surface area (Å²) in [6, 6.07) is 12.6. The molecule has 0 aliphatic rings. The standard InChI is InChI=1S/C14H13Cl2NO/c1-18-13-8-11(16)6-7-12(13)14(17)9-2-4-10(15)5-3-9/h2-8,14H,17H2,1H3. The van der Waals surface area contributed by atoms with Gasteiger partial charge in [0.25, 0.3) is 0 Å². The zero-order chi connectivity index (χ0) is 13.1. The van der Waals surface area contributed by atoms with Gasteiger partial charge in [-0.05, 0) is 29.8 Å². The second kappa shape index (κ2) is 5.61. The molecule has 0 aliphatic carbocycles. The zero-order valence-corrected chi connectivity index (χ0v) is 11.4. The predicted molar refractivity (Wildman–Crippen MR) is 75.5 cm³/mol. The molecule has 0 saturated carbocycles. The predicted octanol–water partition coefficient (Wildman–Crippen LogP) is 4.05. The van der Waals surface area contributed by atoms with Gasteiger partial charge in [-0.3, -0.25) is 0 Å². The van der Waals surface area contributed by atoms with Gasteiger partial charge in [0, 0.05) is 15.6 Å². The molecule has 0 radical (unpaired) electrons. The summed E-state index contributed by atoms with van der Waals surface area (Å²) in [4.78, 5) is 0. The maximum Gasteiger partial charge on any atom is 0.125 e. The van der Waals surface area contributed by atoms with Crippen LogP contribution >= 0.6 is 23.2 Å². The van der Waals surface area contributed by atoms with Crippen molar-refractivity contribution in [2.24, 2.45) is 5.73 Å². The average molecular weight is 282 g/mol. The van der Waals surface area contributed by atoms with Crippen LogP contribution in [0.15, 0.2) is 42.5 Å². The van der Waals surface area contributed by atoms with Crippen LogP contribution < -0.4 is 10.5 Å². The fourth-order valence-electron chi connectivity index (χ4n) is 1.79. The van der Waals surface area contributed by atoms with Crippen molar-refractivity contribution in [3.05, 3.63) is 63.6 Å². The van der Waals surface area contributed by atoms with Crippen LogP contribution in [0, 0.1) is 0 Å². The molecule has 94 valence electrons. The Morgan fingerprint density at radius 1 is 1.00 bits per heavy atom. The van der Waals surface area contributed by atoms with Crippen LogP contribution in [-0.4, -0.2) is 7.11 Å². The van der Waals surface area contributed by atoms with Gasteiger partial charge in [-0.15, -0.1) is 0 Å². The van der Waals surface area contributed by atoms with Crippen LogP contribution in [-0.2, 0) is 0 Å². The molecule has 2 aromatic carbocycles. The van der Waals surface area contributed by atoms with Crippen molar-refractivity contribution in [1.29, 1.82) is 0 Å². The van der Waals surface area contributed by atoms with Crippen molar-refractivity contribution in [2.75, 3.05) is 7.11 Å². The van der Waals surface area contributed by atoms with E-state index in [4.69, 9.17) is 33.7 Å². The second-order valence-electron chi connectivity index (χ2n) is 3.92. The average Bonchev–Trinajstić information content (AvgIpc) is 2.38. The molecule has 1 unspecified atom stereocenters. The molecule has 0 fully saturated rings. The lowest BCUT2D eigenvalue weighted by Crippen LogP contribution is -2.12. The molecule has 2 rings (SSSR count). The Hall–Kier alpha value is -1.22. The molecule has 2 nitrogen and oxygen atoms in total. The molecule has 18 heavy (non-hydrogen) atoms. The Balaban J connectivity index is 2.39. The molecule has 1 atom stereocenters. The number of methoxy groups -OCH3 is 1. The van der Waals surface area contributed by atoms with Crippen LogP contribution in [0.3, 0.4) is 0 Å². The van der Waals surface area contributed by atoms with Crippen LogP contribution in [0.2, 0.25) is 10.0 Å². The van der Waals surface area contributed by atoms with Gasteiger partial charge in [-0.1, -0.05) is 41.4 Å². The van der Waals surface area contributed by atoms with Crippen LogP contribution in [0.4, 0.5) is 0 Å². The number of hydrogen-bond acceptors (Lipinski definition) is 2. The van der Waals surface area contributed by atoms with Gasteiger partial charge in [-0.2, -0.15) is 0 Å². The number of hydrogen-bond donors (Lipinski definition) is 1. The largest absolute Gasteiger partial charge is 0.496 e. The third-order valence-electron chi connectivity index (χ3n) is 2.76. The first-order valence-corrected chi connectivity index (χ1v) is 6.22. The van der Waals surface area contributed by atoms with Crippen LogP contribution in [0.25, 0.3) is 0 Å². The Kier molecular flexibility index (Phi) is 4.12. The Bertz CT molecular complexity index is 540. The number of nitrogens with two attached hydrogens (primary N) is 1. The molecular weight excluding hydrogens is 269 g/mol. The molecule has 2 N–H and O–H groups in total. The van der Waals surface area contributed by atoms with Gasteiger partial charge in [-0.25, -0.2) is 0 Å². The normalized spacial score (nSPS) is 12.2. The highest BCUT2D eigenvalue weighted by atomic mass is 35.5. The van der Waals surface area contributed by atoms with Gasteiger partial charge in [0.15, 0.2) is 0 Å². The van der Waals surface area contributed by atoms with Gasteiger partial charge in [0.2, 0.25) is 0 Å². The molecule has 0 bridgehead atoms. The summed E-state index contributed by atoms with van der Waals surface area (Å²) in [5.74, 6) is 0.685. The summed E-state index contributed by atoms with van der Waals surface area (Å²) < 4.78 is 5.30. The number of benzene rings is 2. The smallest absolute Gasteiger partial charge is 0.125 e. The van der Waals surface area contributed by atoms with E-state index >= 15 is 0 Å². The van der Waals surface area contributed by atoms with Crippen molar-refractivity contribution in [1.82, 2.24) is 0 Å².